The fourth-order valence-corrected chi connectivity index (χ4v) is 2.42. The molecule has 1 heterocycles. The molecule has 0 saturated carbocycles. The normalized spacial score (nSPS) is 11.4. The molecule has 16 heavy (non-hydrogen) atoms. The molecule has 0 amide bonds. The van der Waals surface area contributed by atoms with Crippen LogP contribution in [0.15, 0.2) is 24.3 Å². The van der Waals surface area contributed by atoms with E-state index in [1.807, 2.05) is 6.07 Å². The molecule has 2 heteroatoms. The van der Waals surface area contributed by atoms with Crippen LogP contribution in [0.1, 0.15) is 51.1 Å². The number of rotatable bonds is 5. The monoisotopic (exact) mass is 216 g/mol. The molecule has 1 aromatic heterocycles. The summed E-state index contributed by atoms with van der Waals surface area (Å²) in [5.74, 6) is 0.641. The van der Waals surface area contributed by atoms with Gasteiger partial charge in [0.1, 0.15) is 0 Å². The van der Waals surface area contributed by atoms with Crippen molar-refractivity contribution in [2.45, 2.75) is 45.4 Å². The summed E-state index contributed by atoms with van der Waals surface area (Å²) >= 11 is 0. The van der Waals surface area contributed by atoms with Gasteiger partial charge in [-0.2, -0.15) is 5.10 Å². The predicted octanol–water partition coefficient (Wildman–Crippen LogP) is 4.25. The van der Waals surface area contributed by atoms with Gasteiger partial charge in [0, 0.05) is 17.0 Å². The van der Waals surface area contributed by atoms with E-state index in [1.165, 1.54) is 36.8 Å². The fraction of sp³-hybridized carbons (Fsp3) is 0.500. The van der Waals surface area contributed by atoms with Crippen LogP contribution in [0.4, 0.5) is 0 Å². The predicted molar refractivity (Wildman–Crippen MR) is 68.7 cm³/mol. The lowest BCUT2D eigenvalue weighted by Gasteiger charge is -2.13. The maximum absolute atomic E-state index is 4.38. The summed E-state index contributed by atoms with van der Waals surface area (Å²) in [7, 11) is 0. The van der Waals surface area contributed by atoms with E-state index in [2.05, 4.69) is 42.2 Å². The highest BCUT2D eigenvalue weighted by molar-refractivity contribution is 5.81. The summed E-state index contributed by atoms with van der Waals surface area (Å²) in [6.07, 6.45) is 4.97. The molecule has 0 unspecified atom stereocenters. The van der Waals surface area contributed by atoms with Crippen molar-refractivity contribution in [3.63, 3.8) is 0 Å². The number of aromatic amines is 1. The van der Waals surface area contributed by atoms with Gasteiger partial charge in [0.2, 0.25) is 0 Å². The number of H-pyrrole nitrogens is 1. The number of hydrogen-bond acceptors (Lipinski definition) is 1. The van der Waals surface area contributed by atoms with Gasteiger partial charge in [-0.1, -0.05) is 44.9 Å². The van der Waals surface area contributed by atoms with Crippen molar-refractivity contribution in [1.29, 1.82) is 0 Å². The Bertz CT molecular complexity index is 439. The molecule has 1 N–H and O–H groups in total. The Kier molecular flexibility index (Phi) is 3.60. The highest BCUT2D eigenvalue weighted by Crippen LogP contribution is 2.29. The summed E-state index contributed by atoms with van der Waals surface area (Å²) in [5, 5.41) is 8.91. The van der Waals surface area contributed by atoms with Gasteiger partial charge in [-0.3, -0.25) is 5.10 Å². The van der Waals surface area contributed by atoms with E-state index in [-0.39, 0.29) is 0 Å². The third kappa shape index (κ3) is 2.11. The second-order valence-corrected chi connectivity index (χ2v) is 4.43. The molecule has 0 saturated heterocycles. The Balaban J connectivity index is 2.36. The number of nitrogens with zero attached hydrogens (tertiary/aromatic N) is 1. The molecule has 2 aromatic rings. The van der Waals surface area contributed by atoms with Crippen molar-refractivity contribution < 1.29 is 0 Å². The molecule has 86 valence electrons. The summed E-state index contributed by atoms with van der Waals surface area (Å²) in [4.78, 5) is 0. The minimum absolute atomic E-state index is 0.641. The molecule has 0 radical (unpaired) electrons. The molecule has 1 aromatic carbocycles. The highest BCUT2D eigenvalue weighted by Gasteiger charge is 2.14. The topological polar surface area (TPSA) is 28.7 Å². The largest absolute Gasteiger partial charge is 0.281 e. The van der Waals surface area contributed by atoms with E-state index < -0.39 is 0 Å². The zero-order valence-electron chi connectivity index (χ0n) is 10.2. The third-order valence-corrected chi connectivity index (χ3v) is 3.17. The van der Waals surface area contributed by atoms with Crippen LogP contribution in [0.3, 0.4) is 0 Å². The number of fused-ring (bicyclic) bond motifs is 1. The van der Waals surface area contributed by atoms with Gasteiger partial charge >= 0.3 is 0 Å². The first-order valence-electron chi connectivity index (χ1n) is 6.29. The van der Waals surface area contributed by atoms with Gasteiger partial charge in [0.05, 0.1) is 5.52 Å². The number of para-hydroxylation sites is 1. The first-order chi connectivity index (χ1) is 7.86. The average Bonchev–Trinajstić information content (AvgIpc) is 2.72. The quantitative estimate of drug-likeness (QED) is 0.795. The van der Waals surface area contributed by atoms with E-state index in [9.17, 15) is 0 Å². The lowest BCUT2D eigenvalue weighted by Crippen LogP contribution is -1.99. The second kappa shape index (κ2) is 5.15. The van der Waals surface area contributed by atoms with Crippen LogP contribution in [0, 0.1) is 0 Å². The molecule has 0 spiro atoms. The van der Waals surface area contributed by atoms with Crippen LogP contribution in [0.25, 0.3) is 10.9 Å². The van der Waals surface area contributed by atoms with E-state index in [4.69, 9.17) is 0 Å². The van der Waals surface area contributed by atoms with Gasteiger partial charge in [0.25, 0.3) is 0 Å². The number of hydrogen-bond donors (Lipinski definition) is 1. The summed E-state index contributed by atoms with van der Waals surface area (Å²) in [5.41, 5.74) is 2.43. The van der Waals surface area contributed by atoms with Crippen molar-refractivity contribution in [1.82, 2.24) is 10.2 Å². The molecule has 0 aliphatic heterocycles. The molecular weight excluding hydrogens is 196 g/mol. The van der Waals surface area contributed by atoms with Gasteiger partial charge in [-0.25, -0.2) is 0 Å². The molecule has 0 bridgehead atoms. The Labute approximate surface area is 97.1 Å². The Morgan fingerprint density at radius 2 is 1.81 bits per heavy atom. The van der Waals surface area contributed by atoms with Gasteiger partial charge in [0.15, 0.2) is 0 Å². The average molecular weight is 216 g/mol. The fourth-order valence-electron chi connectivity index (χ4n) is 2.42. The molecule has 0 aliphatic carbocycles. The van der Waals surface area contributed by atoms with Crippen molar-refractivity contribution in [2.75, 3.05) is 0 Å². The summed E-state index contributed by atoms with van der Waals surface area (Å²) < 4.78 is 0. The van der Waals surface area contributed by atoms with Crippen LogP contribution >= 0.6 is 0 Å². The summed E-state index contributed by atoms with van der Waals surface area (Å²) in [6.45, 7) is 4.50. The Morgan fingerprint density at radius 3 is 2.50 bits per heavy atom. The minimum Gasteiger partial charge on any atom is -0.281 e. The van der Waals surface area contributed by atoms with Crippen LogP contribution in [-0.2, 0) is 0 Å². The zero-order valence-corrected chi connectivity index (χ0v) is 10.2. The molecule has 2 nitrogen and oxygen atoms in total. The van der Waals surface area contributed by atoms with Crippen LogP contribution < -0.4 is 0 Å². The molecule has 0 atom stereocenters. The lowest BCUT2D eigenvalue weighted by molar-refractivity contribution is 0.550. The molecule has 0 fully saturated rings. The Morgan fingerprint density at radius 1 is 1.12 bits per heavy atom. The zero-order chi connectivity index (χ0) is 11.4. The second-order valence-electron chi connectivity index (χ2n) is 4.43. The molecular formula is C14H20N2. The van der Waals surface area contributed by atoms with E-state index >= 15 is 0 Å². The first-order valence-corrected chi connectivity index (χ1v) is 6.29. The van der Waals surface area contributed by atoms with Crippen molar-refractivity contribution in [3.8, 4) is 0 Å². The smallest absolute Gasteiger partial charge is 0.0923 e. The number of benzene rings is 1. The minimum atomic E-state index is 0.641. The van der Waals surface area contributed by atoms with Gasteiger partial charge in [-0.05, 0) is 18.9 Å². The number of nitrogens with one attached hydrogen (secondary N) is 1. The standard InChI is InChI=1S/C14H20N2/c1-3-7-11(8-4-2)14-12-9-5-6-10-13(12)15-16-14/h5-6,9-11H,3-4,7-8H2,1-2H3,(H,15,16). The lowest BCUT2D eigenvalue weighted by atomic mass is 9.93. The number of aromatic nitrogens is 2. The SMILES string of the molecule is CCCC(CCC)c1[nH]nc2ccccc12. The van der Waals surface area contributed by atoms with Crippen molar-refractivity contribution in [2.24, 2.45) is 0 Å². The van der Waals surface area contributed by atoms with E-state index in [0.717, 1.165) is 5.52 Å². The third-order valence-electron chi connectivity index (χ3n) is 3.17. The van der Waals surface area contributed by atoms with Crippen LogP contribution in [0.2, 0.25) is 0 Å². The van der Waals surface area contributed by atoms with E-state index in [1.54, 1.807) is 0 Å². The maximum Gasteiger partial charge on any atom is 0.0923 e. The molecule has 2 rings (SSSR count). The highest BCUT2D eigenvalue weighted by atomic mass is 15.1. The van der Waals surface area contributed by atoms with Gasteiger partial charge in [-0.15, -0.1) is 0 Å². The maximum atomic E-state index is 4.38. The van der Waals surface area contributed by atoms with E-state index in [0.29, 0.717) is 5.92 Å². The van der Waals surface area contributed by atoms with Crippen molar-refractivity contribution in [3.05, 3.63) is 30.0 Å². The molecule has 0 aliphatic rings. The Hall–Kier alpha value is -1.31. The first kappa shape index (κ1) is 11.2. The van der Waals surface area contributed by atoms with Gasteiger partial charge < -0.3 is 0 Å². The van der Waals surface area contributed by atoms with Crippen LogP contribution in [-0.4, -0.2) is 10.2 Å². The van der Waals surface area contributed by atoms with Crippen LogP contribution in [0.5, 0.6) is 0 Å². The van der Waals surface area contributed by atoms with Crippen molar-refractivity contribution >= 4 is 10.9 Å². The summed E-state index contributed by atoms with van der Waals surface area (Å²) in [6, 6.07) is 8.38.